The maximum absolute atomic E-state index is 12.0. The zero-order valence-corrected chi connectivity index (χ0v) is 19.3. The fourth-order valence-electron chi connectivity index (χ4n) is 2.60. The number of aromatic nitrogens is 3. The van der Waals surface area contributed by atoms with Crippen LogP contribution < -0.4 is 16.0 Å². The lowest BCUT2D eigenvalue weighted by atomic mass is 10.3. The van der Waals surface area contributed by atoms with E-state index in [9.17, 15) is 4.79 Å². The lowest BCUT2D eigenvalue weighted by Gasteiger charge is -2.12. The third kappa shape index (κ3) is 8.24. The van der Waals surface area contributed by atoms with Crippen LogP contribution in [0.3, 0.4) is 0 Å². The van der Waals surface area contributed by atoms with E-state index in [0.29, 0.717) is 24.7 Å². The van der Waals surface area contributed by atoms with Crippen LogP contribution in [0.25, 0.3) is 0 Å². The maximum atomic E-state index is 12.0. The van der Waals surface area contributed by atoms with Gasteiger partial charge >= 0.3 is 0 Å². The minimum absolute atomic E-state index is 0. The molecule has 154 valence electrons. The zero-order valence-electron chi connectivity index (χ0n) is 17.0. The standard InChI is InChI=1S/C19H29N7O.HI/c1-14-6-7-17(23-13-14)24-18(27)8-10-22-19(20-4)21-9-5-11-26-16(3)12-15(2)25-26;/h6-7,12-13H,5,8-11H2,1-4H3,(H2,20,21,22)(H,23,24,27);1H. The van der Waals surface area contributed by atoms with Gasteiger partial charge in [-0.1, -0.05) is 6.07 Å². The largest absolute Gasteiger partial charge is 0.356 e. The number of rotatable bonds is 8. The van der Waals surface area contributed by atoms with Gasteiger partial charge in [-0.05, 0) is 44.9 Å². The van der Waals surface area contributed by atoms with Gasteiger partial charge in [0.2, 0.25) is 5.91 Å². The van der Waals surface area contributed by atoms with E-state index in [0.717, 1.165) is 30.8 Å². The minimum Gasteiger partial charge on any atom is -0.356 e. The fraction of sp³-hybridized carbons (Fsp3) is 0.474. The van der Waals surface area contributed by atoms with Crippen molar-refractivity contribution in [1.29, 1.82) is 0 Å². The van der Waals surface area contributed by atoms with E-state index >= 15 is 0 Å². The molecule has 0 aliphatic carbocycles. The van der Waals surface area contributed by atoms with Crippen molar-refractivity contribution in [2.45, 2.75) is 40.2 Å². The van der Waals surface area contributed by atoms with Gasteiger partial charge in [-0.3, -0.25) is 14.5 Å². The first-order valence-corrected chi connectivity index (χ1v) is 9.16. The molecule has 0 radical (unpaired) electrons. The molecule has 0 aliphatic rings. The smallest absolute Gasteiger partial charge is 0.227 e. The topological polar surface area (TPSA) is 96.2 Å². The van der Waals surface area contributed by atoms with Crippen LogP contribution in [0.4, 0.5) is 5.82 Å². The maximum Gasteiger partial charge on any atom is 0.227 e. The van der Waals surface area contributed by atoms with E-state index in [1.807, 2.05) is 24.6 Å². The van der Waals surface area contributed by atoms with E-state index in [2.05, 4.69) is 44.0 Å². The lowest BCUT2D eigenvalue weighted by molar-refractivity contribution is -0.116. The number of carbonyl (C=O) groups excluding carboxylic acids is 1. The van der Waals surface area contributed by atoms with Crippen LogP contribution in [0.2, 0.25) is 0 Å². The quantitative estimate of drug-likeness (QED) is 0.225. The van der Waals surface area contributed by atoms with Crippen LogP contribution in [0.5, 0.6) is 0 Å². The molecule has 0 saturated carbocycles. The van der Waals surface area contributed by atoms with Crippen LogP contribution >= 0.6 is 24.0 Å². The Balaban J connectivity index is 0.00000392. The van der Waals surface area contributed by atoms with Gasteiger partial charge in [0.1, 0.15) is 5.82 Å². The van der Waals surface area contributed by atoms with Gasteiger partial charge < -0.3 is 16.0 Å². The summed E-state index contributed by atoms with van der Waals surface area (Å²) in [6, 6.07) is 5.79. The van der Waals surface area contributed by atoms with Gasteiger partial charge in [0, 0.05) is 45.0 Å². The van der Waals surface area contributed by atoms with Gasteiger partial charge in [0.15, 0.2) is 5.96 Å². The van der Waals surface area contributed by atoms with Crippen molar-refractivity contribution >= 4 is 41.7 Å². The molecule has 8 nitrogen and oxygen atoms in total. The number of halogens is 1. The Kier molecular flexibility index (Phi) is 10.5. The van der Waals surface area contributed by atoms with Crippen molar-refractivity contribution in [2.24, 2.45) is 4.99 Å². The van der Waals surface area contributed by atoms with Crippen molar-refractivity contribution in [3.05, 3.63) is 41.3 Å². The highest BCUT2D eigenvalue weighted by molar-refractivity contribution is 14.0. The Bertz CT molecular complexity index is 771. The normalized spacial score (nSPS) is 10.9. The highest BCUT2D eigenvalue weighted by Gasteiger charge is 2.05. The molecule has 2 aromatic rings. The zero-order chi connectivity index (χ0) is 19.6. The van der Waals surface area contributed by atoms with Crippen molar-refractivity contribution in [1.82, 2.24) is 25.4 Å². The second-order valence-electron chi connectivity index (χ2n) is 6.45. The van der Waals surface area contributed by atoms with Crippen LogP contribution in [-0.2, 0) is 11.3 Å². The number of aliphatic imine (C=N–C) groups is 1. The Morgan fingerprint density at radius 3 is 2.54 bits per heavy atom. The Morgan fingerprint density at radius 1 is 1.18 bits per heavy atom. The van der Waals surface area contributed by atoms with Crippen LogP contribution in [0.1, 0.15) is 29.8 Å². The number of amides is 1. The van der Waals surface area contributed by atoms with Crippen LogP contribution in [0.15, 0.2) is 29.4 Å². The molecule has 0 saturated heterocycles. The molecule has 28 heavy (non-hydrogen) atoms. The molecular formula is C19H30IN7O. The number of aryl methyl sites for hydroxylation is 4. The summed E-state index contributed by atoms with van der Waals surface area (Å²) in [6.07, 6.45) is 3.00. The predicted molar refractivity (Wildman–Crippen MR) is 123 cm³/mol. The third-order valence-corrected chi connectivity index (χ3v) is 3.99. The van der Waals surface area contributed by atoms with Gasteiger partial charge in [-0.15, -0.1) is 24.0 Å². The first kappa shape index (κ1) is 23.9. The Hall–Kier alpha value is -2.17. The summed E-state index contributed by atoms with van der Waals surface area (Å²) >= 11 is 0. The average Bonchev–Trinajstić information content (AvgIpc) is 2.96. The Labute approximate surface area is 183 Å². The number of hydrogen-bond acceptors (Lipinski definition) is 4. The number of hydrogen-bond donors (Lipinski definition) is 3. The first-order valence-electron chi connectivity index (χ1n) is 9.16. The summed E-state index contributed by atoms with van der Waals surface area (Å²) in [7, 11) is 1.71. The number of nitrogens with one attached hydrogen (secondary N) is 3. The van der Waals surface area contributed by atoms with Crippen molar-refractivity contribution in [3.8, 4) is 0 Å². The van der Waals surface area contributed by atoms with E-state index in [-0.39, 0.29) is 29.9 Å². The molecule has 0 atom stereocenters. The minimum atomic E-state index is -0.0844. The van der Waals surface area contributed by atoms with E-state index in [4.69, 9.17) is 0 Å². The molecule has 0 unspecified atom stereocenters. The van der Waals surface area contributed by atoms with Crippen molar-refractivity contribution < 1.29 is 4.79 Å². The van der Waals surface area contributed by atoms with Gasteiger partial charge in [-0.25, -0.2) is 4.98 Å². The molecule has 0 aromatic carbocycles. The SMILES string of the molecule is CN=C(NCCCn1nc(C)cc1C)NCCC(=O)Nc1ccc(C)cn1.I. The summed E-state index contributed by atoms with van der Waals surface area (Å²) < 4.78 is 2.01. The summed E-state index contributed by atoms with van der Waals surface area (Å²) in [4.78, 5) is 20.3. The lowest BCUT2D eigenvalue weighted by Crippen LogP contribution is -2.39. The predicted octanol–water partition coefficient (Wildman–Crippen LogP) is 2.41. The van der Waals surface area contributed by atoms with E-state index < -0.39 is 0 Å². The molecule has 2 rings (SSSR count). The molecule has 0 bridgehead atoms. The average molecular weight is 499 g/mol. The van der Waals surface area contributed by atoms with E-state index in [1.165, 1.54) is 5.69 Å². The van der Waals surface area contributed by atoms with E-state index in [1.54, 1.807) is 19.3 Å². The Morgan fingerprint density at radius 2 is 1.93 bits per heavy atom. The van der Waals surface area contributed by atoms with Crippen LogP contribution in [0, 0.1) is 20.8 Å². The molecule has 3 N–H and O–H groups in total. The monoisotopic (exact) mass is 499 g/mol. The number of nitrogens with zero attached hydrogens (tertiary/aromatic N) is 4. The van der Waals surface area contributed by atoms with Crippen molar-refractivity contribution in [3.63, 3.8) is 0 Å². The fourth-order valence-corrected chi connectivity index (χ4v) is 2.60. The molecule has 0 aliphatic heterocycles. The molecule has 2 heterocycles. The highest BCUT2D eigenvalue weighted by atomic mass is 127. The third-order valence-electron chi connectivity index (χ3n) is 3.99. The molecule has 1 amide bonds. The number of anilines is 1. The summed E-state index contributed by atoms with van der Waals surface area (Å²) in [5.41, 5.74) is 3.27. The number of pyridine rings is 1. The second kappa shape index (κ2) is 12.3. The van der Waals surface area contributed by atoms with Gasteiger partial charge in [-0.2, -0.15) is 5.10 Å². The first-order chi connectivity index (χ1) is 13.0. The summed E-state index contributed by atoms with van der Waals surface area (Å²) in [5.74, 6) is 1.17. The van der Waals surface area contributed by atoms with Gasteiger partial charge in [0.05, 0.1) is 5.69 Å². The van der Waals surface area contributed by atoms with Crippen molar-refractivity contribution in [2.75, 3.05) is 25.5 Å². The molecular weight excluding hydrogens is 469 g/mol. The molecule has 2 aromatic heterocycles. The number of carbonyl (C=O) groups is 1. The number of guanidine groups is 1. The summed E-state index contributed by atoms with van der Waals surface area (Å²) in [5, 5.41) is 13.6. The molecule has 0 fully saturated rings. The highest BCUT2D eigenvalue weighted by Crippen LogP contribution is 2.04. The summed E-state index contributed by atoms with van der Waals surface area (Å²) in [6.45, 7) is 8.14. The second-order valence-corrected chi connectivity index (χ2v) is 6.45. The molecule has 0 spiro atoms. The van der Waals surface area contributed by atoms with Gasteiger partial charge in [0.25, 0.3) is 0 Å². The van der Waals surface area contributed by atoms with Crippen LogP contribution in [-0.4, -0.2) is 46.8 Å². The molecule has 9 heteroatoms.